The maximum absolute atomic E-state index is 10.00. The summed E-state index contributed by atoms with van der Waals surface area (Å²) in [4.78, 5) is 0. The van der Waals surface area contributed by atoms with Gasteiger partial charge in [0.15, 0.2) is 6.29 Å². The van der Waals surface area contributed by atoms with E-state index < -0.39 is 74.6 Å². The Morgan fingerprint density at radius 1 is 0.783 bits per heavy atom. The Balaban J connectivity index is 2.18. The summed E-state index contributed by atoms with van der Waals surface area (Å²) in [5.41, 5.74) is 0. The Hall–Kier alpha value is -0.440. The van der Waals surface area contributed by atoms with Crippen molar-refractivity contribution in [2.45, 2.75) is 54.8 Å². The summed E-state index contributed by atoms with van der Waals surface area (Å²) in [5.74, 6) is -2.22. The van der Waals surface area contributed by atoms with Crippen molar-refractivity contribution in [2.75, 3.05) is 19.8 Å². The SMILES string of the molecule is OCC1O[C@@H](O[C@]2(CO)O[C@H](CO)[C@H](O)C2O)C(O)[C@@H](O)[C@H]1O. The van der Waals surface area contributed by atoms with Crippen LogP contribution in [-0.4, -0.2) is 115 Å². The van der Waals surface area contributed by atoms with Crippen LogP contribution in [0, 0.1) is 0 Å². The molecular formula is C12H22O11. The van der Waals surface area contributed by atoms with Crippen LogP contribution in [0.1, 0.15) is 0 Å². The van der Waals surface area contributed by atoms with Crippen LogP contribution in [0.4, 0.5) is 0 Å². The third-order valence-electron chi connectivity index (χ3n) is 4.07. The largest absolute Gasteiger partial charge is 0.394 e. The molecule has 2 saturated heterocycles. The molecule has 2 aliphatic heterocycles. The van der Waals surface area contributed by atoms with E-state index in [2.05, 4.69) is 0 Å². The normalized spacial score (nSPS) is 51.1. The van der Waals surface area contributed by atoms with Gasteiger partial charge < -0.3 is 55.1 Å². The van der Waals surface area contributed by atoms with E-state index in [-0.39, 0.29) is 0 Å². The lowest BCUT2D eigenvalue weighted by Gasteiger charge is -2.43. The monoisotopic (exact) mass is 342 g/mol. The van der Waals surface area contributed by atoms with Crippen LogP contribution in [0.3, 0.4) is 0 Å². The predicted molar refractivity (Wildman–Crippen MR) is 68.6 cm³/mol. The number of rotatable bonds is 5. The molecule has 0 aromatic rings. The molecule has 0 spiro atoms. The van der Waals surface area contributed by atoms with Crippen LogP contribution in [0.2, 0.25) is 0 Å². The molecule has 0 aliphatic carbocycles. The molecule has 9 atom stereocenters. The molecule has 3 unspecified atom stereocenters. The van der Waals surface area contributed by atoms with Crippen molar-refractivity contribution in [1.29, 1.82) is 0 Å². The van der Waals surface area contributed by atoms with Crippen molar-refractivity contribution >= 4 is 0 Å². The van der Waals surface area contributed by atoms with E-state index >= 15 is 0 Å². The number of ether oxygens (including phenoxy) is 3. The van der Waals surface area contributed by atoms with Gasteiger partial charge in [0.2, 0.25) is 5.79 Å². The van der Waals surface area contributed by atoms with Gasteiger partial charge in [-0.2, -0.15) is 0 Å². The van der Waals surface area contributed by atoms with Gasteiger partial charge in [-0.05, 0) is 0 Å². The fourth-order valence-corrected chi connectivity index (χ4v) is 2.63. The van der Waals surface area contributed by atoms with E-state index in [9.17, 15) is 30.6 Å². The zero-order valence-corrected chi connectivity index (χ0v) is 12.0. The van der Waals surface area contributed by atoms with E-state index in [1.54, 1.807) is 0 Å². The van der Waals surface area contributed by atoms with Gasteiger partial charge in [0.1, 0.15) is 49.3 Å². The van der Waals surface area contributed by atoms with Gasteiger partial charge >= 0.3 is 0 Å². The molecule has 0 aromatic heterocycles. The molecule has 23 heavy (non-hydrogen) atoms. The third kappa shape index (κ3) is 3.23. The predicted octanol–water partition coefficient (Wildman–Crippen LogP) is -5.40. The molecule has 136 valence electrons. The highest BCUT2D eigenvalue weighted by atomic mass is 16.8. The molecule has 2 rings (SSSR count). The van der Waals surface area contributed by atoms with Crippen LogP contribution >= 0.6 is 0 Å². The minimum atomic E-state index is -2.22. The fraction of sp³-hybridized carbons (Fsp3) is 1.00. The van der Waals surface area contributed by atoms with Crippen molar-refractivity contribution < 1.29 is 55.1 Å². The van der Waals surface area contributed by atoms with Crippen LogP contribution < -0.4 is 0 Å². The van der Waals surface area contributed by atoms with Crippen LogP contribution in [-0.2, 0) is 14.2 Å². The topological polar surface area (TPSA) is 190 Å². The number of hydrogen-bond donors (Lipinski definition) is 8. The average Bonchev–Trinajstić information content (AvgIpc) is 2.80. The van der Waals surface area contributed by atoms with Gasteiger partial charge in [0, 0.05) is 0 Å². The number of aliphatic hydroxyl groups is 8. The highest BCUT2D eigenvalue weighted by Crippen LogP contribution is 2.35. The molecule has 11 nitrogen and oxygen atoms in total. The van der Waals surface area contributed by atoms with E-state index in [0.29, 0.717) is 0 Å². The van der Waals surface area contributed by atoms with Crippen molar-refractivity contribution in [1.82, 2.24) is 0 Å². The van der Waals surface area contributed by atoms with Crippen LogP contribution in [0.25, 0.3) is 0 Å². The Bertz CT molecular complexity index is 393. The van der Waals surface area contributed by atoms with Crippen molar-refractivity contribution in [3.63, 3.8) is 0 Å². The molecule has 2 fully saturated rings. The van der Waals surface area contributed by atoms with E-state index in [0.717, 1.165) is 0 Å². The molecule has 8 N–H and O–H groups in total. The zero-order chi connectivity index (χ0) is 17.4. The maximum Gasteiger partial charge on any atom is 0.224 e. The molecular weight excluding hydrogens is 320 g/mol. The third-order valence-corrected chi connectivity index (χ3v) is 4.07. The molecule has 2 heterocycles. The first kappa shape index (κ1) is 18.9. The van der Waals surface area contributed by atoms with Crippen molar-refractivity contribution in [3.8, 4) is 0 Å². The highest BCUT2D eigenvalue weighted by molar-refractivity contribution is 4.98. The minimum Gasteiger partial charge on any atom is -0.394 e. The second-order valence-corrected chi connectivity index (χ2v) is 5.56. The Kier molecular flexibility index (Phi) is 5.92. The van der Waals surface area contributed by atoms with E-state index in [1.165, 1.54) is 0 Å². The second-order valence-electron chi connectivity index (χ2n) is 5.56. The molecule has 2 aliphatic rings. The van der Waals surface area contributed by atoms with Gasteiger partial charge in [-0.3, -0.25) is 0 Å². The maximum atomic E-state index is 10.00. The van der Waals surface area contributed by atoms with Gasteiger partial charge in [0.05, 0.1) is 13.2 Å². The molecule has 0 radical (unpaired) electrons. The summed E-state index contributed by atoms with van der Waals surface area (Å²) >= 11 is 0. The molecule has 0 bridgehead atoms. The highest BCUT2D eigenvalue weighted by Gasteiger charge is 2.58. The van der Waals surface area contributed by atoms with Crippen LogP contribution in [0.5, 0.6) is 0 Å². The summed E-state index contributed by atoms with van der Waals surface area (Å²) in [5, 5.41) is 76.7. The van der Waals surface area contributed by atoms with Gasteiger partial charge in [-0.1, -0.05) is 0 Å². The number of aliphatic hydroxyl groups excluding tert-OH is 8. The Morgan fingerprint density at radius 3 is 1.87 bits per heavy atom. The first-order valence-corrected chi connectivity index (χ1v) is 7.05. The quantitative estimate of drug-likeness (QED) is 0.238. The molecule has 0 amide bonds. The summed E-state index contributed by atoms with van der Waals surface area (Å²) in [6.45, 7) is -2.32. The number of hydrogen-bond acceptors (Lipinski definition) is 11. The van der Waals surface area contributed by atoms with Crippen molar-refractivity contribution in [2.24, 2.45) is 0 Å². The fourth-order valence-electron chi connectivity index (χ4n) is 2.63. The molecule has 11 heteroatoms. The smallest absolute Gasteiger partial charge is 0.224 e. The Morgan fingerprint density at radius 2 is 1.39 bits per heavy atom. The lowest BCUT2D eigenvalue weighted by Crippen LogP contribution is -2.62. The second kappa shape index (κ2) is 7.21. The molecule has 0 aromatic carbocycles. The zero-order valence-electron chi connectivity index (χ0n) is 12.0. The lowest BCUT2D eigenvalue weighted by molar-refractivity contribution is -0.383. The standard InChI is InChI=1S/C12H22O11/c13-1-4-6(16)8(18)9(19)11(21-4)23-12(3-15)10(20)7(17)5(2-14)22-12/h4-11,13-20H,1-3H2/t4?,5-,6+,7+,8+,9?,10?,11+,12+/m1/s1. The lowest BCUT2D eigenvalue weighted by atomic mass is 9.99. The Labute approximate surface area is 130 Å². The summed E-state index contributed by atoms with van der Waals surface area (Å²) < 4.78 is 15.4. The van der Waals surface area contributed by atoms with E-state index in [4.69, 9.17) is 24.4 Å². The first-order valence-electron chi connectivity index (χ1n) is 7.05. The summed E-state index contributed by atoms with van der Waals surface area (Å²) in [6, 6.07) is 0. The van der Waals surface area contributed by atoms with Gasteiger partial charge in [-0.25, -0.2) is 0 Å². The summed E-state index contributed by atoms with van der Waals surface area (Å²) in [6.07, 6.45) is -12.7. The van der Waals surface area contributed by atoms with Crippen LogP contribution in [0.15, 0.2) is 0 Å². The summed E-state index contributed by atoms with van der Waals surface area (Å²) in [7, 11) is 0. The minimum absolute atomic E-state index is 0.669. The first-order chi connectivity index (χ1) is 10.8. The van der Waals surface area contributed by atoms with Gasteiger partial charge in [-0.15, -0.1) is 0 Å². The average molecular weight is 342 g/mol. The molecule has 0 saturated carbocycles. The van der Waals surface area contributed by atoms with Crippen molar-refractivity contribution in [3.05, 3.63) is 0 Å². The van der Waals surface area contributed by atoms with E-state index in [1.807, 2.05) is 0 Å². The van der Waals surface area contributed by atoms with Gasteiger partial charge in [0.25, 0.3) is 0 Å².